The number of hydrogen-bond donors (Lipinski definition) is 1. The first-order chi connectivity index (χ1) is 15.8. The van der Waals surface area contributed by atoms with Gasteiger partial charge < -0.3 is 52.5 Å². The maximum Gasteiger partial charge on any atom is 0.505 e. The molecule has 1 N–H and O–H groups in total. The standard InChI is InChI=1S/C20H40O12/c1-23-2-3-24-4-5-25-6-7-26-8-9-27-10-11-28-12-13-29-14-15-30-16-17-31-18-19-32-20(21)22/h2-19H2,1H3,(H,21,22). The summed E-state index contributed by atoms with van der Waals surface area (Å²) < 4.78 is 51.8. The summed E-state index contributed by atoms with van der Waals surface area (Å²) in [5.74, 6) is 0. The van der Waals surface area contributed by atoms with E-state index in [-0.39, 0.29) is 13.2 Å². The second-order valence-corrected chi connectivity index (χ2v) is 6.01. The number of rotatable bonds is 27. The fourth-order valence-corrected chi connectivity index (χ4v) is 1.97. The van der Waals surface area contributed by atoms with Crippen LogP contribution in [0.2, 0.25) is 0 Å². The van der Waals surface area contributed by atoms with Gasteiger partial charge in [-0.2, -0.15) is 0 Å². The molecule has 32 heavy (non-hydrogen) atoms. The summed E-state index contributed by atoms with van der Waals surface area (Å²) in [5, 5.41) is 8.26. The molecule has 0 saturated heterocycles. The Morgan fingerprint density at radius 1 is 0.438 bits per heavy atom. The molecule has 0 bridgehead atoms. The normalized spacial score (nSPS) is 11.2. The zero-order valence-corrected chi connectivity index (χ0v) is 19.2. The fourth-order valence-electron chi connectivity index (χ4n) is 1.97. The number of carbonyl (C=O) groups is 1. The van der Waals surface area contributed by atoms with Gasteiger partial charge in [0.05, 0.1) is 112 Å². The summed E-state index contributed by atoms with van der Waals surface area (Å²) in [5.41, 5.74) is 0. The predicted molar refractivity (Wildman–Crippen MR) is 112 cm³/mol. The molecule has 0 unspecified atom stereocenters. The van der Waals surface area contributed by atoms with Crippen molar-refractivity contribution in [2.45, 2.75) is 0 Å². The first-order valence-electron chi connectivity index (χ1n) is 10.7. The summed E-state index contributed by atoms with van der Waals surface area (Å²) in [6.45, 7) is 8.20. The Morgan fingerprint density at radius 3 is 0.875 bits per heavy atom. The molecule has 0 amide bonds. The van der Waals surface area contributed by atoms with E-state index in [1.165, 1.54) is 0 Å². The fraction of sp³-hybridized carbons (Fsp3) is 0.950. The van der Waals surface area contributed by atoms with Crippen LogP contribution in [0.5, 0.6) is 0 Å². The Labute approximate surface area is 190 Å². The van der Waals surface area contributed by atoms with E-state index in [9.17, 15) is 4.79 Å². The molecule has 12 nitrogen and oxygen atoms in total. The minimum Gasteiger partial charge on any atom is -0.450 e. The third-order valence-corrected chi connectivity index (χ3v) is 3.49. The molecule has 0 fully saturated rings. The van der Waals surface area contributed by atoms with Crippen LogP contribution in [0.4, 0.5) is 4.79 Å². The summed E-state index contributed by atoms with van der Waals surface area (Å²) >= 11 is 0. The van der Waals surface area contributed by atoms with Crippen LogP contribution in [0.3, 0.4) is 0 Å². The monoisotopic (exact) mass is 472 g/mol. The van der Waals surface area contributed by atoms with Gasteiger partial charge in [-0.3, -0.25) is 0 Å². The Kier molecular flexibility index (Phi) is 27.0. The van der Waals surface area contributed by atoms with Crippen molar-refractivity contribution < 1.29 is 57.3 Å². The molecule has 0 aliphatic carbocycles. The van der Waals surface area contributed by atoms with E-state index in [0.29, 0.717) is 106 Å². The predicted octanol–water partition coefficient (Wildman–Crippen LogP) is 0.460. The van der Waals surface area contributed by atoms with Crippen molar-refractivity contribution in [2.24, 2.45) is 0 Å². The van der Waals surface area contributed by atoms with Gasteiger partial charge >= 0.3 is 6.16 Å². The molecule has 0 radical (unpaired) electrons. The van der Waals surface area contributed by atoms with Crippen LogP contribution in [-0.2, 0) is 47.4 Å². The largest absolute Gasteiger partial charge is 0.505 e. The highest BCUT2D eigenvalue weighted by Crippen LogP contribution is 1.86. The smallest absolute Gasteiger partial charge is 0.450 e. The SMILES string of the molecule is COCCOCCOCCOCCOCCOCCOCCOCCOCCOC(=O)O. The molecule has 0 heterocycles. The minimum absolute atomic E-state index is 0.0137. The molecule has 0 aromatic carbocycles. The van der Waals surface area contributed by atoms with E-state index in [4.69, 9.17) is 47.7 Å². The van der Waals surface area contributed by atoms with Gasteiger partial charge in [-0.05, 0) is 0 Å². The van der Waals surface area contributed by atoms with Crippen LogP contribution in [0.25, 0.3) is 0 Å². The Bertz CT molecular complexity index is 372. The van der Waals surface area contributed by atoms with Crippen LogP contribution in [-0.4, -0.2) is 137 Å². The lowest BCUT2D eigenvalue weighted by atomic mass is 10.6. The third kappa shape index (κ3) is 28.9. The molecule has 0 aromatic rings. The zero-order valence-electron chi connectivity index (χ0n) is 19.2. The van der Waals surface area contributed by atoms with E-state index in [2.05, 4.69) is 4.74 Å². The quantitative estimate of drug-likeness (QED) is 0.132. The van der Waals surface area contributed by atoms with Crippen LogP contribution in [0, 0.1) is 0 Å². The maximum atomic E-state index is 10.1. The van der Waals surface area contributed by atoms with Crippen molar-refractivity contribution in [2.75, 3.05) is 126 Å². The molecule has 12 heteroatoms. The van der Waals surface area contributed by atoms with Crippen LogP contribution < -0.4 is 0 Å². The van der Waals surface area contributed by atoms with E-state index in [0.717, 1.165) is 0 Å². The first-order valence-corrected chi connectivity index (χ1v) is 10.7. The van der Waals surface area contributed by atoms with Gasteiger partial charge in [0.25, 0.3) is 0 Å². The minimum atomic E-state index is -1.31. The van der Waals surface area contributed by atoms with Crippen molar-refractivity contribution in [1.29, 1.82) is 0 Å². The average Bonchev–Trinajstić information content (AvgIpc) is 2.78. The molecule has 0 saturated carbocycles. The summed E-state index contributed by atoms with van der Waals surface area (Å²) in [6.07, 6.45) is -1.31. The van der Waals surface area contributed by atoms with Gasteiger partial charge in [0, 0.05) is 7.11 Å². The lowest BCUT2D eigenvalue weighted by molar-refractivity contribution is -0.0253. The molecular weight excluding hydrogens is 432 g/mol. The van der Waals surface area contributed by atoms with Crippen LogP contribution in [0.1, 0.15) is 0 Å². The lowest BCUT2D eigenvalue weighted by Gasteiger charge is -2.08. The average molecular weight is 473 g/mol. The topological polar surface area (TPSA) is 130 Å². The molecule has 0 spiro atoms. The Hall–Kier alpha value is -1.09. The van der Waals surface area contributed by atoms with Crippen molar-refractivity contribution in [3.05, 3.63) is 0 Å². The lowest BCUT2D eigenvalue weighted by Crippen LogP contribution is -2.15. The van der Waals surface area contributed by atoms with Gasteiger partial charge in [0.15, 0.2) is 0 Å². The van der Waals surface area contributed by atoms with Crippen LogP contribution in [0.15, 0.2) is 0 Å². The number of ether oxygens (including phenoxy) is 10. The zero-order chi connectivity index (χ0) is 23.4. The molecule has 0 atom stereocenters. The van der Waals surface area contributed by atoms with Crippen molar-refractivity contribution >= 4 is 6.16 Å². The first kappa shape index (κ1) is 30.9. The molecule has 0 aliphatic heterocycles. The van der Waals surface area contributed by atoms with Crippen LogP contribution >= 0.6 is 0 Å². The van der Waals surface area contributed by atoms with Crippen molar-refractivity contribution in [3.63, 3.8) is 0 Å². The number of methoxy groups -OCH3 is 1. The molecular formula is C20H40O12. The summed E-state index contributed by atoms with van der Waals surface area (Å²) in [4.78, 5) is 10.1. The number of carboxylic acid groups (broad SMARTS) is 1. The molecule has 0 rings (SSSR count). The molecule has 192 valence electrons. The van der Waals surface area contributed by atoms with Gasteiger partial charge in [-0.25, -0.2) is 4.79 Å². The van der Waals surface area contributed by atoms with Gasteiger partial charge in [-0.1, -0.05) is 0 Å². The maximum absolute atomic E-state index is 10.1. The van der Waals surface area contributed by atoms with Gasteiger partial charge in [0.1, 0.15) is 6.61 Å². The van der Waals surface area contributed by atoms with Crippen molar-refractivity contribution in [3.8, 4) is 0 Å². The van der Waals surface area contributed by atoms with E-state index < -0.39 is 6.16 Å². The Morgan fingerprint density at radius 2 is 0.656 bits per heavy atom. The van der Waals surface area contributed by atoms with Crippen molar-refractivity contribution in [1.82, 2.24) is 0 Å². The number of hydrogen-bond acceptors (Lipinski definition) is 11. The summed E-state index contributed by atoms with van der Waals surface area (Å²) in [6, 6.07) is 0. The second kappa shape index (κ2) is 27.9. The highest BCUT2D eigenvalue weighted by Gasteiger charge is 1.97. The third-order valence-electron chi connectivity index (χ3n) is 3.49. The Balaban J connectivity index is 3.00. The highest BCUT2D eigenvalue weighted by atomic mass is 16.7. The van der Waals surface area contributed by atoms with Gasteiger partial charge in [0.2, 0.25) is 0 Å². The second-order valence-electron chi connectivity index (χ2n) is 6.01. The summed E-state index contributed by atoms with van der Waals surface area (Å²) in [7, 11) is 1.64. The van der Waals surface area contributed by atoms with E-state index >= 15 is 0 Å². The molecule has 0 aliphatic rings. The highest BCUT2D eigenvalue weighted by molar-refractivity contribution is 5.56. The van der Waals surface area contributed by atoms with E-state index in [1.807, 2.05) is 0 Å². The molecule has 0 aromatic heterocycles. The van der Waals surface area contributed by atoms with Gasteiger partial charge in [-0.15, -0.1) is 0 Å². The van der Waals surface area contributed by atoms with E-state index in [1.54, 1.807) is 7.11 Å².